The second kappa shape index (κ2) is 8.73. The summed E-state index contributed by atoms with van der Waals surface area (Å²) in [5, 5.41) is 8.58. The van der Waals surface area contributed by atoms with Crippen LogP contribution in [-0.2, 0) is 9.53 Å². The normalized spacial score (nSPS) is 12.0. The highest BCUT2D eigenvalue weighted by Gasteiger charge is 2.07. The molecule has 0 heterocycles. The lowest BCUT2D eigenvalue weighted by molar-refractivity contribution is -0.139. The van der Waals surface area contributed by atoms with Crippen LogP contribution in [0.25, 0.3) is 6.08 Å². The highest BCUT2D eigenvalue weighted by molar-refractivity contribution is 5.87. The highest BCUT2D eigenvalue weighted by atomic mass is 16.5. The molecule has 0 aliphatic heterocycles. The summed E-state index contributed by atoms with van der Waals surface area (Å²) < 4.78 is 15.8. The minimum atomic E-state index is -0.765. The van der Waals surface area contributed by atoms with Crippen LogP contribution in [0, 0.1) is 17.2 Å². The summed E-state index contributed by atoms with van der Waals surface area (Å²) in [7, 11) is 1.56. The molecule has 0 spiro atoms. The monoisotopic (exact) mass is 303 g/mol. The van der Waals surface area contributed by atoms with Crippen molar-refractivity contribution in [2.45, 2.75) is 26.9 Å². The van der Waals surface area contributed by atoms with Crippen molar-refractivity contribution in [3.63, 3.8) is 0 Å². The molecule has 0 aliphatic rings. The molecule has 0 fully saturated rings. The lowest BCUT2D eigenvalue weighted by atomic mass is 10.2. The third-order valence-corrected chi connectivity index (χ3v) is 2.65. The van der Waals surface area contributed by atoms with E-state index in [1.54, 1.807) is 25.3 Å². The van der Waals surface area contributed by atoms with Gasteiger partial charge < -0.3 is 14.2 Å². The first-order valence-corrected chi connectivity index (χ1v) is 7.05. The van der Waals surface area contributed by atoms with Crippen molar-refractivity contribution in [3.05, 3.63) is 29.8 Å². The number of hydrogen-bond donors (Lipinski definition) is 0. The van der Waals surface area contributed by atoms with Gasteiger partial charge in [0, 0.05) is 6.08 Å². The zero-order valence-electron chi connectivity index (χ0n) is 13.3. The molecule has 0 saturated heterocycles. The fourth-order valence-corrected chi connectivity index (χ4v) is 1.57. The molecular formula is C17H21NO4. The first-order valence-electron chi connectivity index (χ1n) is 7.05. The van der Waals surface area contributed by atoms with E-state index in [1.807, 2.05) is 12.1 Å². The Bertz CT molecular complexity index is 573. The average Bonchev–Trinajstić information content (AvgIpc) is 2.50. The van der Waals surface area contributed by atoms with Gasteiger partial charge in [0.1, 0.15) is 6.07 Å². The maximum atomic E-state index is 11.5. The number of methoxy groups -OCH3 is 1. The Labute approximate surface area is 131 Å². The third-order valence-electron chi connectivity index (χ3n) is 2.65. The predicted octanol–water partition coefficient (Wildman–Crippen LogP) is 3.20. The van der Waals surface area contributed by atoms with Crippen LogP contribution in [0.4, 0.5) is 0 Å². The number of carbonyl (C=O) groups excluding carboxylic acids is 1. The van der Waals surface area contributed by atoms with E-state index in [1.165, 1.54) is 13.0 Å². The van der Waals surface area contributed by atoms with E-state index in [2.05, 4.69) is 13.8 Å². The summed E-state index contributed by atoms with van der Waals surface area (Å²) in [5.41, 5.74) is 0.773. The van der Waals surface area contributed by atoms with E-state index >= 15 is 0 Å². The lowest BCUT2D eigenvalue weighted by Gasteiger charge is -2.12. The van der Waals surface area contributed by atoms with Gasteiger partial charge in [-0.15, -0.1) is 0 Å². The second-order valence-corrected chi connectivity index (χ2v) is 5.16. The van der Waals surface area contributed by atoms with E-state index in [0.29, 0.717) is 24.0 Å². The smallest absolute Gasteiger partial charge is 0.332 e. The Morgan fingerprint density at radius 3 is 2.64 bits per heavy atom. The zero-order chi connectivity index (χ0) is 16.5. The highest BCUT2D eigenvalue weighted by Crippen LogP contribution is 2.28. The zero-order valence-corrected chi connectivity index (χ0v) is 13.3. The quantitative estimate of drug-likeness (QED) is 0.571. The molecule has 5 nitrogen and oxygen atoms in total. The first kappa shape index (κ1) is 17.6. The van der Waals surface area contributed by atoms with Gasteiger partial charge in [0.05, 0.1) is 13.7 Å². The molecule has 5 heteroatoms. The minimum Gasteiger partial charge on any atom is -0.493 e. The van der Waals surface area contributed by atoms with Crippen molar-refractivity contribution in [3.8, 4) is 17.6 Å². The molecule has 0 N–H and O–H groups in total. The molecule has 0 bridgehead atoms. The van der Waals surface area contributed by atoms with Gasteiger partial charge in [-0.05, 0) is 36.6 Å². The largest absolute Gasteiger partial charge is 0.493 e. The summed E-state index contributed by atoms with van der Waals surface area (Å²) in [6, 6.07) is 7.21. The molecule has 0 amide bonds. The topological polar surface area (TPSA) is 68.5 Å². The minimum absolute atomic E-state index is 0.418. The predicted molar refractivity (Wildman–Crippen MR) is 83.5 cm³/mol. The van der Waals surface area contributed by atoms with Gasteiger partial charge in [0.25, 0.3) is 0 Å². The number of ether oxygens (including phenoxy) is 3. The fourth-order valence-electron chi connectivity index (χ4n) is 1.57. The van der Waals surface area contributed by atoms with Gasteiger partial charge in [-0.2, -0.15) is 5.26 Å². The maximum absolute atomic E-state index is 11.5. The number of esters is 1. The number of rotatable bonds is 7. The molecular weight excluding hydrogens is 282 g/mol. The Hall–Kier alpha value is -2.48. The van der Waals surface area contributed by atoms with E-state index in [4.69, 9.17) is 19.5 Å². The Morgan fingerprint density at radius 1 is 1.32 bits per heavy atom. The number of benzene rings is 1. The standard InChI is InChI=1S/C17H21NO4/c1-12(2)11-21-15-7-5-14(9-16(15)20-4)6-8-17(19)22-13(3)10-18/h5-9,12-13H,11H2,1-4H3/b8-6+/t13-/m0/s1. The van der Waals surface area contributed by atoms with Crippen LogP contribution < -0.4 is 9.47 Å². The van der Waals surface area contributed by atoms with Gasteiger partial charge in [0.2, 0.25) is 0 Å². The third kappa shape index (κ3) is 5.88. The van der Waals surface area contributed by atoms with Gasteiger partial charge in [-0.3, -0.25) is 0 Å². The molecule has 0 unspecified atom stereocenters. The van der Waals surface area contributed by atoms with Crippen LogP contribution in [0.3, 0.4) is 0 Å². The number of nitrogens with zero attached hydrogens (tertiary/aromatic N) is 1. The molecule has 1 aromatic carbocycles. The van der Waals surface area contributed by atoms with Crippen molar-refractivity contribution in [1.82, 2.24) is 0 Å². The Kier molecular flexibility index (Phi) is 6.97. The molecule has 0 aliphatic carbocycles. The molecule has 1 aromatic rings. The first-order chi connectivity index (χ1) is 10.5. The van der Waals surface area contributed by atoms with Crippen LogP contribution >= 0.6 is 0 Å². The van der Waals surface area contributed by atoms with Crippen molar-refractivity contribution in [2.24, 2.45) is 5.92 Å². The number of hydrogen-bond acceptors (Lipinski definition) is 5. The van der Waals surface area contributed by atoms with E-state index in [-0.39, 0.29) is 0 Å². The van der Waals surface area contributed by atoms with Gasteiger partial charge in [-0.1, -0.05) is 19.9 Å². The van der Waals surface area contributed by atoms with Crippen LogP contribution in [0.2, 0.25) is 0 Å². The molecule has 0 radical (unpaired) electrons. The molecule has 118 valence electrons. The average molecular weight is 303 g/mol. The summed E-state index contributed by atoms with van der Waals surface area (Å²) >= 11 is 0. The van der Waals surface area contributed by atoms with E-state index in [0.717, 1.165) is 5.56 Å². The van der Waals surface area contributed by atoms with Gasteiger partial charge in [-0.25, -0.2) is 4.79 Å². The Balaban J connectivity index is 2.76. The van der Waals surface area contributed by atoms with Crippen LogP contribution in [-0.4, -0.2) is 25.8 Å². The molecule has 1 rings (SSSR count). The fraction of sp³-hybridized carbons (Fsp3) is 0.412. The van der Waals surface area contributed by atoms with Gasteiger partial charge >= 0.3 is 5.97 Å². The van der Waals surface area contributed by atoms with E-state index < -0.39 is 12.1 Å². The summed E-state index contributed by atoms with van der Waals surface area (Å²) in [5.74, 6) is 1.12. The Morgan fingerprint density at radius 2 is 2.05 bits per heavy atom. The molecule has 0 saturated carbocycles. The lowest BCUT2D eigenvalue weighted by Crippen LogP contribution is -2.10. The summed E-state index contributed by atoms with van der Waals surface area (Å²) in [6.07, 6.45) is 2.11. The van der Waals surface area contributed by atoms with Gasteiger partial charge in [0.15, 0.2) is 17.6 Å². The maximum Gasteiger partial charge on any atom is 0.332 e. The van der Waals surface area contributed by atoms with Crippen molar-refractivity contribution >= 4 is 12.0 Å². The van der Waals surface area contributed by atoms with E-state index in [9.17, 15) is 4.79 Å². The molecule has 22 heavy (non-hydrogen) atoms. The van der Waals surface area contributed by atoms with Crippen LogP contribution in [0.1, 0.15) is 26.3 Å². The molecule has 1 atom stereocenters. The van der Waals surface area contributed by atoms with Crippen molar-refractivity contribution < 1.29 is 19.0 Å². The molecule has 0 aromatic heterocycles. The number of carbonyl (C=O) groups is 1. The van der Waals surface area contributed by atoms with Crippen LogP contribution in [0.5, 0.6) is 11.5 Å². The summed E-state index contributed by atoms with van der Waals surface area (Å²) in [6.45, 7) is 6.24. The summed E-state index contributed by atoms with van der Waals surface area (Å²) in [4.78, 5) is 11.5. The second-order valence-electron chi connectivity index (χ2n) is 5.16. The van der Waals surface area contributed by atoms with Crippen molar-refractivity contribution in [1.29, 1.82) is 5.26 Å². The number of nitriles is 1. The van der Waals surface area contributed by atoms with Crippen molar-refractivity contribution in [2.75, 3.05) is 13.7 Å². The SMILES string of the molecule is COc1cc(/C=C/C(=O)O[C@@H](C)C#N)ccc1OCC(C)C. The van der Waals surface area contributed by atoms with Crippen LogP contribution in [0.15, 0.2) is 24.3 Å².